The van der Waals surface area contributed by atoms with Crippen LogP contribution in [0.5, 0.6) is 0 Å². The highest BCUT2D eigenvalue weighted by Crippen LogP contribution is 2.24. The number of carbonyl (C=O) groups excluding carboxylic acids is 1. The van der Waals surface area contributed by atoms with Gasteiger partial charge in [0.1, 0.15) is 11.5 Å². The monoisotopic (exact) mass is 344 g/mol. The van der Waals surface area contributed by atoms with E-state index in [0.717, 1.165) is 54.3 Å². The summed E-state index contributed by atoms with van der Waals surface area (Å²) in [4.78, 5) is 15.3. The normalized spacial score (nSPS) is 15.3. The number of hydrogen-bond acceptors (Lipinski definition) is 6. The van der Waals surface area contributed by atoms with Gasteiger partial charge in [-0.1, -0.05) is 16.4 Å². The van der Waals surface area contributed by atoms with Crippen molar-refractivity contribution in [2.75, 3.05) is 20.1 Å². The third-order valence-corrected chi connectivity index (χ3v) is 4.61. The topological polar surface area (TPSA) is 75.6 Å². The summed E-state index contributed by atoms with van der Waals surface area (Å²) in [5, 5.41) is 8.21. The van der Waals surface area contributed by atoms with Crippen molar-refractivity contribution in [2.45, 2.75) is 40.3 Å². The van der Waals surface area contributed by atoms with E-state index in [1.54, 1.807) is 11.9 Å². The van der Waals surface area contributed by atoms with Gasteiger partial charge in [0, 0.05) is 45.2 Å². The molecule has 7 nitrogen and oxygen atoms in total. The molecule has 1 aliphatic heterocycles. The quantitative estimate of drug-likeness (QED) is 0.830. The van der Waals surface area contributed by atoms with E-state index < -0.39 is 0 Å². The van der Waals surface area contributed by atoms with E-state index in [9.17, 15) is 4.79 Å². The summed E-state index contributed by atoms with van der Waals surface area (Å²) < 4.78 is 10.6. The molecule has 0 radical (unpaired) electrons. The predicted octanol–water partition coefficient (Wildman–Crippen LogP) is 2.55. The van der Waals surface area contributed by atoms with Gasteiger partial charge in [0.15, 0.2) is 5.76 Å². The van der Waals surface area contributed by atoms with Crippen LogP contribution in [0.4, 0.5) is 0 Å². The molecule has 0 bridgehead atoms. The van der Waals surface area contributed by atoms with Crippen molar-refractivity contribution >= 4 is 11.5 Å². The molecular weight excluding hydrogens is 320 g/mol. The molecule has 0 fully saturated rings. The minimum atomic E-state index is 0.000434. The van der Waals surface area contributed by atoms with Gasteiger partial charge in [0.2, 0.25) is 5.91 Å². The molecule has 0 spiro atoms. The fourth-order valence-electron chi connectivity index (χ4n) is 2.96. The van der Waals surface area contributed by atoms with Gasteiger partial charge in [-0.15, -0.1) is 0 Å². The first-order chi connectivity index (χ1) is 11.9. The van der Waals surface area contributed by atoms with Crippen LogP contribution in [-0.4, -0.2) is 46.2 Å². The average Bonchev–Trinajstić information content (AvgIpc) is 3.17. The molecule has 0 atom stereocenters. The predicted molar refractivity (Wildman–Crippen MR) is 92.5 cm³/mol. The summed E-state index contributed by atoms with van der Waals surface area (Å²) in [5.74, 6) is 1.57. The Hall–Kier alpha value is -2.41. The van der Waals surface area contributed by atoms with Gasteiger partial charge >= 0.3 is 0 Å². The number of rotatable bonds is 5. The van der Waals surface area contributed by atoms with Gasteiger partial charge in [0.05, 0.1) is 12.2 Å². The Balaban J connectivity index is 1.66. The Kier molecular flexibility index (Phi) is 5.03. The molecule has 0 aromatic carbocycles. The zero-order chi connectivity index (χ0) is 18.0. The van der Waals surface area contributed by atoms with Crippen LogP contribution in [0.3, 0.4) is 0 Å². The van der Waals surface area contributed by atoms with E-state index in [-0.39, 0.29) is 5.91 Å². The maximum Gasteiger partial charge on any atom is 0.219 e. The summed E-state index contributed by atoms with van der Waals surface area (Å²) in [6.07, 6.45) is 3.18. The van der Waals surface area contributed by atoms with Gasteiger partial charge < -0.3 is 13.9 Å². The van der Waals surface area contributed by atoms with E-state index in [4.69, 9.17) is 9.05 Å². The van der Waals surface area contributed by atoms with Crippen LogP contribution in [0.25, 0.3) is 5.57 Å². The fourth-order valence-corrected chi connectivity index (χ4v) is 2.96. The lowest BCUT2D eigenvalue weighted by Gasteiger charge is -2.26. The Bertz CT molecular complexity index is 771. The molecule has 3 heterocycles. The summed E-state index contributed by atoms with van der Waals surface area (Å²) in [7, 11) is 1.75. The Morgan fingerprint density at radius 1 is 1.32 bits per heavy atom. The molecular formula is C18H24N4O3. The molecule has 2 aromatic heterocycles. The molecule has 2 aromatic rings. The Morgan fingerprint density at radius 2 is 2.12 bits per heavy atom. The molecule has 1 aliphatic rings. The highest BCUT2D eigenvalue weighted by atomic mass is 16.5. The molecule has 1 amide bonds. The number of carbonyl (C=O) groups is 1. The zero-order valence-electron chi connectivity index (χ0n) is 15.2. The molecule has 134 valence electrons. The van der Waals surface area contributed by atoms with Crippen LogP contribution in [0.2, 0.25) is 0 Å². The number of amides is 1. The van der Waals surface area contributed by atoms with E-state index in [0.29, 0.717) is 12.3 Å². The smallest absolute Gasteiger partial charge is 0.219 e. The highest BCUT2D eigenvalue weighted by Gasteiger charge is 2.20. The maximum atomic E-state index is 11.3. The molecule has 7 heteroatoms. The lowest BCUT2D eigenvalue weighted by Crippen LogP contribution is -2.29. The molecule has 0 saturated carbocycles. The summed E-state index contributed by atoms with van der Waals surface area (Å²) in [6.45, 7) is 8.50. The zero-order valence-corrected chi connectivity index (χ0v) is 15.2. The molecule has 0 aliphatic carbocycles. The SMILES string of the molecule is CC(=O)N(C)Cc1cc(C2=CCCN(Cc3c(C)noc3C)C2)no1. The van der Waals surface area contributed by atoms with Crippen LogP contribution in [0, 0.1) is 13.8 Å². The molecule has 0 saturated heterocycles. The Labute approximate surface area is 147 Å². The Morgan fingerprint density at radius 3 is 2.80 bits per heavy atom. The number of aromatic nitrogens is 2. The second kappa shape index (κ2) is 7.23. The third-order valence-electron chi connectivity index (χ3n) is 4.61. The lowest BCUT2D eigenvalue weighted by molar-refractivity contribution is -0.128. The van der Waals surface area contributed by atoms with E-state index in [2.05, 4.69) is 21.3 Å². The van der Waals surface area contributed by atoms with Gasteiger partial charge in [-0.05, 0) is 25.8 Å². The minimum absolute atomic E-state index is 0.000434. The highest BCUT2D eigenvalue weighted by molar-refractivity contribution is 5.72. The van der Waals surface area contributed by atoms with E-state index >= 15 is 0 Å². The van der Waals surface area contributed by atoms with Gasteiger partial charge in [-0.3, -0.25) is 9.69 Å². The van der Waals surface area contributed by atoms with Crippen molar-refractivity contribution in [3.05, 3.63) is 40.6 Å². The van der Waals surface area contributed by atoms with Crippen LogP contribution in [0.1, 0.15) is 41.8 Å². The molecule has 3 rings (SSSR count). The summed E-state index contributed by atoms with van der Waals surface area (Å²) >= 11 is 0. The van der Waals surface area contributed by atoms with Gasteiger partial charge in [-0.2, -0.15) is 0 Å². The maximum absolute atomic E-state index is 11.3. The van der Waals surface area contributed by atoms with Gasteiger partial charge in [-0.25, -0.2) is 0 Å². The summed E-state index contributed by atoms with van der Waals surface area (Å²) in [5.41, 5.74) is 4.10. The van der Waals surface area contributed by atoms with E-state index in [1.165, 1.54) is 6.92 Å². The first kappa shape index (κ1) is 17.4. The van der Waals surface area contributed by atoms with Gasteiger partial charge in [0.25, 0.3) is 0 Å². The van der Waals surface area contributed by atoms with Crippen molar-refractivity contribution < 1.29 is 13.8 Å². The van der Waals surface area contributed by atoms with E-state index in [1.807, 2.05) is 19.9 Å². The van der Waals surface area contributed by atoms with Crippen molar-refractivity contribution in [3.8, 4) is 0 Å². The second-order valence-electron chi connectivity index (χ2n) is 6.58. The number of hydrogen-bond donors (Lipinski definition) is 0. The van der Waals surface area contributed by atoms with Crippen LogP contribution >= 0.6 is 0 Å². The minimum Gasteiger partial charge on any atom is -0.361 e. The van der Waals surface area contributed by atoms with Crippen molar-refractivity contribution in [1.29, 1.82) is 0 Å². The van der Waals surface area contributed by atoms with Crippen molar-refractivity contribution in [1.82, 2.24) is 20.1 Å². The lowest BCUT2D eigenvalue weighted by atomic mass is 10.0. The first-order valence-electron chi connectivity index (χ1n) is 8.45. The van der Waals surface area contributed by atoms with Crippen LogP contribution < -0.4 is 0 Å². The van der Waals surface area contributed by atoms with Crippen LogP contribution in [-0.2, 0) is 17.9 Å². The largest absolute Gasteiger partial charge is 0.361 e. The third kappa shape index (κ3) is 3.99. The number of aryl methyl sites for hydroxylation is 2. The second-order valence-corrected chi connectivity index (χ2v) is 6.58. The summed E-state index contributed by atoms with van der Waals surface area (Å²) in [6, 6.07) is 1.92. The van der Waals surface area contributed by atoms with Crippen molar-refractivity contribution in [2.24, 2.45) is 0 Å². The molecule has 0 unspecified atom stereocenters. The first-order valence-corrected chi connectivity index (χ1v) is 8.45. The van der Waals surface area contributed by atoms with Crippen LogP contribution in [0.15, 0.2) is 21.2 Å². The molecule has 25 heavy (non-hydrogen) atoms. The van der Waals surface area contributed by atoms with Crippen molar-refractivity contribution in [3.63, 3.8) is 0 Å². The average molecular weight is 344 g/mol. The molecule has 0 N–H and O–H groups in total. The standard InChI is InChI=1S/C18H24N4O3/c1-12-17(13(2)24-19-12)11-22-7-5-6-15(9-22)18-8-16(25-20-18)10-21(4)14(3)23/h6,8H,5,7,9-11H2,1-4H3. The fraction of sp³-hybridized carbons (Fsp3) is 0.500. The number of nitrogens with zero attached hydrogens (tertiary/aromatic N) is 4.